The third-order valence-corrected chi connectivity index (χ3v) is 6.37. The van der Waals surface area contributed by atoms with Crippen LogP contribution in [0.15, 0.2) is 48.6 Å². The summed E-state index contributed by atoms with van der Waals surface area (Å²) in [6, 6.07) is 0. The molecule has 0 aliphatic heterocycles. The lowest BCUT2D eigenvalue weighted by molar-refractivity contribution is -0.870. The van der Waals surface area contributed by atoms with Gasteiger partial charge in [0.05, 0.1) is 27.7 Å². The van der Waals surface area contributed by atoms with Crippen LogP contribution in [-0.2, 0) is 37.5 Å². The van der Waals surface area contributed by atoms with Crippen molar-refractivity contribution in [2.45, 2.75) is 77.7 Å². The number of hydrogen-bond donors (Lipinski definition) is 1. The minimum Gasteiger partial charge on any atom is -0.462 e. The fourth-order valence-corrected chi connectivity index (χ4v) is 3.88. The van der Waals surface area contributed by atoms with Crippen molar-refractivity contribution in [1.29, 1.82) is 0 Å². The van der Waals surface area contributed by atoms with Crippen molar-refractivity contribution in [2.75, 3.05) is 47.5 Å². The molecule has 0 aliphatic carbocycles. The Balaban J connectivity index is 4.14. The summed E-state index contributed by atoms with van der Waals surface area (Å²) in [5, 5.41) is 0. The highest BCUT2D eigenvalue weighted by Gasteiger charge is 2.26. The SMILES string of the molecule is CCCCCC(=O)/C=C/C=C\C/C=C\C/C=C\CCCC(=O)OC[C@H](COP(=O)(O)OCC[N+](C)(C)C)OC(C)=O. The second-order valence-corrected chi connectivity index (χ2v) is 12.0. The third-order valence-electron chi connectivity index (χ3n) is 5.39. The topological polar surface area (TPSA) is 125 Å². The summed E-state index contributed by atoms with van der Waals surface area (Å²) in [6.45, 7) is 3.05. The van der Waals surface area contributed by atoms with Gasteiger partial charge in [-0.1, -0.05) is 62.3 Å². The van der Waals surface area contributed by atoms with E-state index in [9.17, 15) is 23.8 Å². The van der Waals surface area contributed by atoms with Crippen molar-refractivity contribution in [1.82, 2.24) is 0 Å². The fourth-order valence-electron chi connectivity index (χ4n) is 3.13. The molecule has 0 spiro atoms. The highest BCUT2D eigenvalue weighted by molar-refractivity contribution is 7.47. The van der Waals surface area contributed by atoms with Crippen LogP contribution >= 0.6 is 7.82 Å². The minimum atomic E-state index is -4.34. The van der Waals surface area contributed by atoms with Crippen molar-refractivity contribution >= 4 is 25.5 Å². The van der Waals surface area contributed by atoms with Crippen LogP contribution in [0, 0.1) is 0 Å². The first-order valence-corrected chi connectivity index (χ1v) is 15.8. The van der Waals surface area contributed by atoms with Gasteiger partial charge >= 0.3 is 19.8 Å². The molecule has 1 unspecified atom stereocenters. The summed E-state index contributed by atoms with van der Waals surface area (Å²) in [4.78, 5) is 44.8. The van der Waals surface area contributed by atoms with E-state index < -0.39 is 32.5 Å². The Hall–Kier alpha value is -2.36. The van der Waals surface area contributed by atoms with Gasteiger partial charge in [0.15, 0.2) is 11.9 Å². The largest absolute Gasteiger partial charge is 0.472 e. The second kappa shape index (κ2) is 23.2. The standard InChI is InChI=1S/C30H50NO9P/c1-6-7-17-20-28(33)21-18-15-13-11-9-8-10-12-14-16-19-22-30(34)37-25-29(40-27(2)32)26-39-41(35,36)38-24-23-31(3,4)5/h8-9,12-15,18,21,29H,6-7,10-11,16-17,19-20,22-26H2,1-5H3/p+1/b9-8-,14-12-,15-13-,21-18+/t29-/m1/s1. The molecule has 0 bridgehead atoms. The van der Waals surface area contributed by atoms with E-state index in [1.54, 1.807) is 12.2 Å². The van der Waals surface area contributed by atoms with Crippen LogP contribution in [-0.4, -0.2) is 80.7 Å². The predicted octanol–water partition coefficient (Wildman–Crippen LogP) is 5.63. The van der Waals surface area contributed by atoms with Gasteiger partial charge in [0.25, 0.3) is 0 Å². The Morgan fingerprint density at radius 3 is 2.22 bits per heavy atom. The Labute approximate surface area is 246 Å². The summed E-state index contributed by atoms with van der Waals surface area (Å²) in [5.74, 6) is -0.934. The molecule has 0 amide bonds. The lowest BCUT2D eigenvalue weighted by Crippen LogP contribution is -2.37. The van der Waals surface area contributed by atoms with Gasteiger partial charge in [-0.15, -0.1) is 0 Å². The van der Waals surface area contributed by atoms with Crippen molar-refractivity contribution in [3.05, 3.63) is 48.6 Å². The first-order chi connectivity index (χ1) is 19.3. The summed E-state index contributed by atoms with van der Waals surface area (Å²) >= 11 is 0. The van der Waals surface area contributed by atoms with Crippen molar-refractivity contribution in [2.24, 2.45) is 0 Å². The first-order valence-electron chi connectivity index (χ1n) is 14.3. The van der Waals surface area contributed by atoms with E-state index >= 15 is 0 Å². The van der Waals surface area contributed by atoms with Gasteiger partial charge in [0, 0.05) is 19.8 Å². The monoisotopic (exact) mass is 600 g/mol. The maximum absolute atomic E-state index is 12.1. The highest BCUT2D eigenvalue weighted by Crippen LogP contribution is 2.43. The van der Waals surface area contributed by atoms with Gasteiger partial charge in [0.2, 0.25) is 0 Å². The molecule has 0 saturated heterocycles. The smallest absolute Gasteiger partial charge is 0.462 e. The minimum absolute atomic E-state index is 0.00774. The zero-order valence-corrected chi connectivity index (χ0v) is 26.4. The Bertz CT molecular complexity index is 919. The molecule has 0 rings (SSSR count). The maximum Gasteiger partial charge on any atom is 0.472 e. The van der Waals surface area contributed by atoms with E-state index in [-0.39, 0.29) is 25.4 Å². The average Bonchev–Trinajstić information content (AvgIpc) is 2.87. The molecule has 11 heteroatoms. The number of esters is 2. The number of phosphoric acid groups is 1. The number of rotatable bonds is 24. The molecule has 0 fully saturated rings. The number of ketones is 1. The molecular formula is C30H51NO9P+. The predicted molar refractivity (Wildman–Crippen MR) is 160 cm³/mol. The van der Waals surface area contributed by atoms with E-state index in [0.29, 0.717) is 30.3 Å². The first kappa shape index (κ1) is 38.6. The number of quaternary nitrogens is 1. The number of carbonyl (C=O) groups is 3. The molecule has 10 nitrogen and oxygen atoms in total. The number of unbranched alkanes of at least 4 members (excludes halogenated alkanes) is 3. The molecule has 0 aromatic carbocycles. The van der Waals surface area contributed by atoms with Gasteiger partial charge in [-0.3, -0.25) is 23.4 Å². The average molecular weight is 601 g/mol. The zero-order chi connectivity index (χ0) is 31.0. The zero-order valence-electron chi connectivity index (χ0n) is 25.5. The van der Waals surface area contributed by atoms with Crippen LogP contribution < -0.4 is 0 Å². The number of ether oxygens (including phenoxy) is 2. The molecule has 1 N–H and O–H groups in total. The Kier molecular flexibility index (Phi) is 21.9. The number of hydrogen-bond acceptors (Lipinski definition) is 8. The molecule has 41 heavy (non-hydrogen) atoms. The van der Waals surface area contributed by atoms with E-state index in [1.165, 1.54) is 6.92 Å². The van der Waals surface area contributed by atoms with Crippen molar-refractivity contribution in [3.8, 4) is 0 Å². The van der Waals surface area contributed by atoms with Crippen LogP contribution in [0.4, 0.5) is 0 Å². The summed E-state index contributed by atoms with van der Waals surface area (Å²) in [7, 11) is 1.39. The summed E-state index contributed by atoms with van der Waals surface area (Å²) in [6.07, 6.45) is 21.2. The molecule has 0 aromatic rings. The molecule has 2 atom stereocenters. The lowest BCUT2D eigenvalue weighted by Gasteiger charge is -2.24. The van der Waals surface area contributed by atoms with Gasteiger partial charge in [-0.05, 0) is 38.2 Å². The number of likely N-dealkylation sites (N-methyl/N-ethyl adjacent to an activating group) is 1. The maximum atomic E-state index is 12.1. The van der Waals surface area contributed by atoms with Gasteiger partial charge in [0.1, 0.15) is 19.8 Å². The van der Waals surface area contributed by atoms with E-state index in [4.69, 9.17) is 18.5 Å². The normalized spacial score (nSPS) is 14.7. The van der Waals surface area contributed by atoms with Crippen LogP contribution in [0.2, 0.25) is 0 Å². The molecule has 0 aliphatic rings. The van der Waals surface area contributed by atoms with Crippen LogP contribution in [0.25, 0.3) is 0 Å². The van der Waals surface area contributed by atoms with Crippen LogP contribution in [0.1, 0.15) is 71.6 Å². The summed E-state index contributed by atoms with van der Waals surface area (Å²) < 4.78 is 32.6. The van der Waals surface area contributed by atoms with Crippen LogP contribution in [0.3, 0.4) is 0 Å². The fraction of sp³-hybridized carbons (Fsp3) is 0.633. The van der Waals surface area contributed by atoms with E-state index in [1.807, 2.05) is 57.6 Å². The number of allylic oxidation sites excluding steroid dienone is 8. The summed E-state index contributed by atoms with van der Waals surface area (Å²) in [5.41, 5.74) is 0. The number of carbonyl (C=O) groups excluding carboxylic acids is 3. The van der Waals surface area contributed by atoms with Crippen molar-refractivity contribution in [3.63, 3.8) is 0 Å². The number of nitrogens with zero attached hydrogens (tertiary/aromatic N) is 1. The lowest BCUT2D eigenvalue weighted by atomic mass is 10.1. The molecular weight excluding hydrogens is 549 g/mol. The van der Waals surface area contributed by atoms with Gasteiger partial charge in [-0.2, -0.15) is 0 Å². The molecule has 0 radical (unpaired) electrons. The van der Waals surface area contributed by atoms with Gasteiger partial charge in [-0.25, -0.2) is 4.57 Å². The van der Waals surface area contributed by atoms with E-state index in [2.05, 4.69) is 6.92 Å². The second-order valence-electron chi connectivity index (χ2n) is 10.5. The molecule has 0 aromatic heterocycles. The van der Waals surface area contributed by atoms with Gasteiger partial charge < -0.3 is 18.9 Å². The highest BCUT2D eigenvalue weighted by atomic mass is 31.2. The van der Waals surface area contributed by atoms with E-state index in [0.717, 1.165) is 32.1 Å². The number of phosphoric ester groups is 1. The molecule has 0 saturated carbocycles. The van der Waals surface area contributed by atoms with Crippen LogP contribution in [0.5, 0.6) is 0 Å². The Morgan fingerprint density at radius 1 is 0.878 bits per heavy atom. The molecule has 234 valence electrons. The quantitative estimate of drug-likeness (QED) is 0.0286. The third kappa shape index (κ3) is 27.6. The molecule has 0 heterocycles. The Morgan fingerprint density at radius 2 is 1.56 bits per heavy atom. The van der Waals surface area contributed by atoms with Crippen molar-refractivity contribution < 1.29 is 46.8 Å².